The van der Waals surface area contributed by atoms with Crippen molar-refractivity contribution in [3.8, 4) is 0 Å². The van der Waals surface area contributed by atoms with Crippen LogP contribution >= 0.6 is 0 Å². The van der Waals surface area contributed by atoms with Crippen LogP contribution in [-0.2, 0) is 11.3 Å². The molecule has 0 unspecified atom stereocenters. The summed E-state index contributed by atoms with van der Waals surface area (Å²) in [6, 6.07) is 3.86. The van der Waals surface area contributed by atoms with Crippen molar-refractivity contribution in [1.82, 2.24) is 19.7 Å². The molecule has 1 N–H and O–H groups in total. The summed E-state index contributed by atoms with van der Waals surface area (Å²) in [5.41, 5.74) is 1.22. The summed E-state index contributed by atoms with van der Waals surface area (Å²) in [7, 11) is 3.96. The van der Waals surface area contributed by atoms with Crippen LogP contribution in [0.2, 0.25) is 0 Å². The van der Waals surface area contributed by atoms with E-state index in [0.717, 1.165) is 31.2 Å². The molecule has 0 saturated heterocycles. The zero-order chi connectivity index (χ0) is 21.3. The molecule has 1 aliphatic carbocycles. The van der Waals surface area contributed by atoms with E-state index < -0.39 is 5.54 Å². The molecule has 7 heteroatoms. The number of fused-ring (bicyclic) bond motifs is 3. The van der Waals surface area contributed by atoms with Crippen molar-refractivity contribution in [2.45, 2.75) is 70.0 Å². The van der Waals surface area contributed by atoms with Gasteiger partial charge in [0, 0.05) is 31.3 Å². The zero-order valence-electron chi connectivity index (χ0n) is 18.4. The fraction of sp³-hybridized carbons (Fsp3) is 0.652. The lowest BCUT2D eigenvalue weighted by Crippen LogP contribution is -2.65. The second-order valence-corrected chi connectivity index (χ2v) is 9.34. The quantitative estimate of drug-likeness (QED) is 0.815. The van der Waals surface area contributed by atoms with Crippen molar-refractivity contribution < 1.29 is 14.0 Å². The monoisotopic (exact) mass is 414 g/mol. The maximum absolute atomic E-state index is 13.6. The first-order valence-corrected chi connectivity index (χ1v) is 11.2. The van der Waals surface area contributed by atoms with E-state index in [0.29, 0.717) is 30.9 Å². The number of rotatable bonds is 5. The van der Waals surface area contributed by atoms with Crippen LogP contribution in [0.5, 0.6) is 0 Å². The number of aromatic nitrogens is 1. The molecule has 0 spiro atoms. The Morgan fingerprint density at radius 1 is 1.23 bits per heavy atom. The van der Waals surface area contributed by atoms with Gasteiger partial charge in [-0.1, -0.05) is 32.1 Å². The first kappa shape index (κ1) is 21.0. The van der Waals surface area contributed by atoms with Gasteiger partial charge >= 0.3 is 0 Å². The van der Waals surface area contributed by atoms with E-state index in [-0.39, 0.29) is 17.9 Å². The number of amides is 2. The average molecular weight is 415 g/mol. The summed E-state index contributed by atoms with van der Waals surface area (Å²) in [6.45, 7) is 3.55. The van der Waals surface area contributed by atoms with E-state index in [1.807, 2.05) is 36.6 Å². The lowest BCUT2D eigenvalue weighted by atomic mass is 9.92. The van der Waals surface area contributed by atoms with Crippen LogP contribution in [0, 0.1) is 0 Å². The largest absolute Gasteiger partial charge is 0.463 e. The smallest absolute Gasteiger partial charge is 0.271 e. The molecule has 7 nitrogen and oxygen atoms in total. The standard InChI is InChI=1S/C23H34N4O3/c1-23(22(29)24-17-9-7-5-4-6-8-10-17)16-26-18-11-14-30-20(18)15-19(26)21(28)27(23)13-12-25(2)3/h11,14-15,17H,4-10,12-13,16H2,1-3H3,(H,24,29)/t23-/m0/s1. The summed E-state index contributed by atoms with van der Waals surface area (Å²) in [5.74, 6) is -0.152. The fourth-order valence-corrected chi connectivity index (χ4v) is 4.86. The van der Waals surface area contributed by atoms with E-state index in [1.54, 1.807) is 17.2 Å². The third-order valence-electron chi connectivity index (χ3n) is 6.75. The van der Waals surface area contributed by atoms with Gasteiger partial charge in [-0.05, 0) is 33.9 Å². The van der Waals surface area contributed by atoms with Crippen LogP contribution < -0.4 is 5.32 Å². The van der Waals surface area contributed by atoms with E-state index in [4.69, 9.17) is 4.42 Å². The van der Waals surface area contributed by atoms with Crippen molar-refractivity contribution >= 4 is 22.9 Å². The van der Waals surface area contributed by atoms with Crippen molar-refractivity contribution in [3.05, 3.63) is 24.1 Å². The molecule has 164 valence electrons. The summed E-state index contributed by atoms with van der Waals surface area (Å²) >= 11 is 0. The van der Waals surface area contributed by atoms with Crippen LogP contribution in [0.3, 0.4) is 0 Å². The molecule has 1 aliphatic heterocycles. The number of nitrogens with one attached hydrogen (secondary N) is 1. The highest BCUT2D eigenvalue weighted by Crippen LogP contribution is 2.33. The number of furan rings is 1. The molecule has 1 saturated carbocycles. The minimum Gasteiger partial charge on any atom is -0.463 e. The molecular weight excluding hydrogens is 380 g/mol. The molecule has 2 aliphatic rings. The maximum atomic E-state index is 13.6. The molecule has 3 heterocycles. The Hall–Kier alpha value is -2.28. The topological polar surface area (TPSA) is 70.7 Å². The Balaban J connectivity index is 1.63. The van der Waals surface area contributed by atoms with E-state index in [2.05, 4.69) is 5.32 Å². The molecule has 0 aromatic carbocycles. The molecular formula is C23H34N4O3. The van der Waals surface area contributed by atoms with Crippen LogP contribution in [0.1, 0.15) is 62.4 Å². The average Bonchev–Trinajstić information content (AvgIpc) is 3.25. The number of carbonyl (C=O) groups excluding carboxylic acids is 2. The Morgan fingerprint density at radius 2 is 1.93 bits per heavy atom. The van der Waals surface area contributed by atoms with E-state index in [1.165, 1.54) is 19.3 Å². The van der Waals surface area contributed by atoms with Crippen molar-refractivity contribution in [2.24, 2.45) is 0 Å². The molecule has 30 heavy (non-hydrogen) atoms. The normalized spacial score (nSPS) is 23.5. The highest BCUT2D eigenvalue weighted by atomic mass is 16.3. The lowest BCUT2D eigenvalue weighted by Gasteiger charge is -2.45. The van der Waals surface area contributed by atoms with Crippen LogP contribution in [0.4, 0.5) is 0 Å². The molecule has 0 radical (unpaired) electrons. The highest BCUT2D eigenvalue weighted by Gasteiger charge is 2.48. The predicted molar refractivity (Wildman–Crippen MR) is 116 cm³/mol. The minimum absolute atomic E-state index is 0.0452. The van der Waals surface area contributed by atoms with Crippen LogP contribution in [0.25, 0.3) is 11.1 Å². The van der Waals surface area contributed by atoms with Crippen LogP contribution in [-0.4, -0.2) is 64.9 Å². The Labute approximate surface area is 178 Å². The number of likely N-dealkylation sites (N-methyl/N-ethyl adjacent to an activating group) is 1. The summed E-state index contributed by atoms with van der Waals surface area (Å²) in [6.07, 6.45) is 9.76. The Morgan fingerprint density at radius 3 is 2.63 bits per heavy atom. The fourth-order valence-electron chi connectivity index (χ4n) is 4.86. The zero-order valence-corrected chi connectivity index (χ0v) is 18.4. The first-order chi connectivity index (χ1) is 14.4. The van der Waals surface area contributed by atoms with Gasteiger partial charge in [-0.25, -0.2) is 0 Å². The number of hydrogen-bond acceptors (Lipinski definition) is 4. The second kappa shape index (κ2) is 8.46. The molecule has 0 bridgehead atoms. The third-order valence-corrected chi connectivity index (χ3v) is 6.75. The third kappa shape index (κ3) is 3.87. The molecule has 1 atom stereocenters. The van der Waals surface area contributed by atoms with Crippen molar-refractivity contribution in [1.29, 1.82) is 0 Å². The molecule has 2 amide bonds. The van der Waals surface area contributed by atoms with Crippen LogP contribution in [0.15, 0.2) is 22.8 Å². The van der Waals surface area contributed by atoms with Gasteiger partial charge in [0.25, 0.3) is 5.91 Å². The molecule has 2 aromatic heterocycles. The Kier molecular flexibility index (Phi) is 5.91. The minimum atomic E-state index is -0.939. The van der Waals surface area contributed by atoms with Crippen molar-refractivity contribution in [3.63, 3.8) is 0 Å². The molecule has 1 fully saturated rings. The molecule has 4 rings (SSSR count). The van der Waals surface area contributed by atoms with Gasteiger partial charge in [-0.3, -0.25) is 9.59 Å². The van der Waals surface area contributed by atoms with Gasteiger partial charge in [0.05, 0.1) is 18.3 Å². The number of hydrogen-bond donors (Lipinski definition) is 1. The van der Waals surface area contributed by atoms with Crippen molar-refractivity contribution in [2.75, 3.05) is 27.2 Å². The number of nitrogens with zero attached hydrogens (tertiary/aromatic N) is 3. The molecule has 2 aromatic rings. The van der Waals surface area contributed by atoms with E-state index in [9.17, 15) is 9.59 Å². The maximum Gasteiger partial charge on any atom is 0.271 e. The second-order valence-electron chi connectivity index (χ2n) is 9.34. The lowest BCUT2D eigenvalue weighted by molar-refractivity contribution is -0.133. The van der Waals surface area contributed by atoms with E-state index >= 15 is 0 Å². The summed E-state index contributed by atoms with van der Waals surface area (Å²) in [5, 5.41) is 3.32. The summed E-state index contributed by atoms with van der Waals surface area (Å²) in [4.78, 5) is 30.9. The van der Waals surface area contributed by atoms with Gasteiger partial charge in [0.1, 0.15) is 11.2 Å². The van der Waals surface area contributed by atoms with Gasteiger partial charge in [-0.2, -0.15) is 0 Å². The van der Waals surface area contributed by atoms with Gasteiger partial charge in [0.2, 0.25) is 5.91 Å². The van der Waals surface area contributed by atoms with Gasteiger partial charge < -0.3 is 24.1 Å². The Bertz CT molecular complexity index is 907. The van der Waals surface area contributed by atoms with Gasteiger partial charge in [0.15, 0.2) is 5.58 Å². The SMILES string of the molecule is CN(C)CCN1C(=O)c2cc3occc3n2C[C@@]1(C)C(=O)NC1CCCCCCC1. The summed E-state index contributed by atoms with van der Waals surface area (Å²) < 4.78 is 7.48. The first-order valence-electron chi connectivity index (χ1n) is 11.2. The highest BCUT2D eigenvalue weighted by molar-refractivity contribution is 6.02. The predicted octanol–water partition coefficient (Wildman–Crippen LogP) is 3.24. The van der Waals surface area contributed by atoms with Gasteiger partial charge in [-0.15, -0.1) is 0 Å². The number of carbonyl (C=O) groups is 2.